The molecule has 0 aromatic rings. The van der Waals surface area contributed by atoms with Crippen LogP contribution in [0.4, 0.5) is 0 Å². The highest BCUT2D eigenvalue weighted by Crippen LogP contribution is 2.41. The molecule has 0 radical (unpaired) electrons. The first kappa shape index (κ1) is 10.6. The van der Waals surface area contributed by atoms with Crippen molar-refractivity contribution in [2.75, 3.05) is 0 Å². The molecule has 0 aromatic heterocycles. The maximum Gasteiger partial charge on any atom is 0.306 e. The smallest absolute Gasteiger partial charge is 0.306 e. The number of carboxylic acids is 1. The lowest BCUT2D eigenvalue weighted by Crippen LogP contribution is -2.35. The predicted octanol–water partition coefficient (Wildman–Crippen LogP) is 2.92. The Morgan fingerprint density at radius 2 is 1.77 bits per heavy atom. The molecule has 1 fully saturated rings. The van der Waals surface area contributed by atoms with Gasteiger partial charge >= 0.3 is 5.97 Å². The molecular weight excluding hydrogens is 164 g/mol. The molecule has 1 N–H and O–H groups in total. The highest BCUT2D eigenvalue weighted by Gasteiger charge is 2.37. The van der Waals surface area contributed by atoms with E-state index in [1.165, 1.54) is 6.42 Å². The van der Waals surface area contributed by atoms with Gasteiger partial charge in [0.05, 0.1) is 5.92 Å². The van der Waals surface area contributed by atoms with Gasteiger partial charge < -0.3 is 5.11 Å². The van der Waals surface area contributed by atoms with E-state index in [1.807, 2.05) is 0 Å². The monoisotopic (exact) mass is 184 g/mol. The summed E-state index contributed by atoms with van der Waals surface area (Å²) in [7, 11) is 0. The Labute approximate surface area is 80.3 Å². The minimum absolute atomic E-state index is 0.103. The zero-order valence-electron chi connectivity index (χ0n) is 8.84. The lowest BCUT2D eigenvalue weighted by atomic mass is 9.66. The van der Waals surface area contributed by atoms with E-state index in [0.717, 1.165) is 19.3 Å². The molecule has 76 valence electrons. The van der Waals surface area contributed by atoms with Crippen LogP contribution < -0.4 is 0 Å². The molecule has 2 nitrogen and oxygen atoms in total. The summed E-state index contributed by atoms with van der Waals surface area (Å²) in [5, 5.41) is 9.07. The number of hydrogen-bond acceptors (Lipinski definition) is 1. The number of carbonyl (C=O) groups is 1. The van der Waals surface area contributed by atoms with Crippen LogP contribution in [-0.2, 0) is 4.79 Å². The zero-order valence-corrected chi connectivity index (χ0v) is 8.84. The predicted molar refractivity (Wildman–Crippen MR) is 52.5 cm³/mol. The summed E-state index contributed by atoms with van der Waals surface area (Å²) in [5.74, 6) is -0.341. The molecule has 0 aliphatic heterocycles. The van der Waals surface area contributed by atoms with E-state index < -0.39 is 5.97 Å². The van der Waals surface area contributed by atoms with Gasteiger partial charge in [-0.15, -0.1) is 0 Å². The van der Waals surface area contributed by atoms with Crippen molar-refractivity contribution in [2.45, 2.75) is 46.5 Å². The van der Waals surface area contributed by atoms with Crippen molar-refractivity contribution in [1.82, 2.24) is 0 Å². The van der Waals surface area contributed by atoms with Gasteiger partial charge in [0.2, 0.25) is 0 Å². The average molecular weight is 184 g/mol. The van der Waals surface area contributed by atoms with Crippen molar-refractivity contribution in [3.05, 3.63) is 0 Å². The second-order valence-electron chi connectivity index (χ2n) is 5.20. The zero-order chi connectivity index (χ0) is 10.1. The molecule has 0 amide bonds. The van der Waals surface area contributed by atoms with Crippen LogP contribution in [0.3, 0.4) is 0 Å². The third kappa shape index (κ3) is 2.45. The Morgan fingerprint density at radius 3 is 2.15 bits per heavy atom. The first-order valence-corrected chi connectivity index (χ1v) is 5.15. The number of carboxylic acid groups (broad SMARTS) is 1. The molecule has 0 spiro atoms. The van der Waals surface area contributed by atoms with Gasteiger partial charge in [0, 0.05) is 0 Å². The third-order valence-electron chi connectivity index (χ3n) is 3.20. The van der Waals surface area contributed by atoms with Crippen LogP contribution in [0.1, 0.15) is 46.5 Å². The Balaban J connectivity index is 2.73. The fourth-order valence-corrected chi connectivity index (χ4v) is 2.46. The topological polar surface area (TPSA) is 37.3 Å². The highest BCUT2D eigenvalue weighted by atomic mass is 16.4. The first-order valence-electron chi connectivity index (χ1n) is 5.15. The van der Waals surface area contributed by atoms with E-state index in [1.54, 1.807) is 0 Å². The van der Waals surface area contributed by atoms with Crippen LogP contribution in [0.5, 0.6) is 0 Å². The number of aliphatic carboxylic acids is 1. The maximum atomic E-state index is 11.0. The van der Waals surface area contributed by atoms with Crippen LogP contribution in [0.2, 0.25) is 0 Å². The lowest BCUT2D eigenvalue weighted by Gasteiger charge is -2.38. The molecule has 0 unspecified atom stereocenters. The molecule has 0 heterocycles. The van der Waals surface area contributed by atoms with E-state index >= 15 is 0 Å². The Morgan fingerprint density at radius 1 is 1.23 bits per heavy atom. The molecule has 0 aromatic carbocycles. The second kappa shape index (κ2) is 3.69. The lowest BCUT2D eigenvalue weighted by molar-refractivity contribution is -0.147. The summed E-state index contributed by atoms with van der Waals surface area (Å²) in [6, 6.07) is 0. The van der Waals surface area contributed by atoms with E-state index in [0.29, 0.717) is 5.92 Å². The number of hydrogen-bond donors (Lipinski definition) is 1. The summed E-state index contributed by atoms with van der Waals surface area (Å²) in [6.07, 6.45) is 4.24. The number of rotatable bonds is 1. The van der Waals surface area contributed by atoms with Gasteiger partial charge in [-0.05, 0) is 24.2 Å². The molecular formula is C11H20O2. The minimum atomic E-state index is -0.598. The summed E-state index contributed by atoms with van der Waals surface area (Å²) < 4.78 is 0. The highest BCUT2D eigenvalue weighted by molar-refractivity contribution is 5.70. The van der Waals surface area contributed by atoms with Crippen molar-refractivity contribution in [1.29, 1.82) is 0 Å². The standard InChI is InChI=1S/C11H20O2/c1-11(2,3)9-7-5-4-6-8(9)10(12)13/h8-9H,4-7H2,1-3H3,(H,12,13)/t8-,9+/m0/s1. The van der Waals surface area contributed by atoms with Crippen molar-refractivity contribution < 1.29 is 9.90 Å². The summed E-state index contributed by atoms with van der Waals surface area (Å²) in [5.41, 5.74) is 0.142. The van der Waals surface area contributed by atoms with Crippen LogP contribution in [-0.4, -0.2) is 11.1 Å². The largest absolute Gasteiger partial charge is 0.481 e. The van der Waals surface area contributed by atoms with Crippen LogP contribution in [0, 0.1) is 17.3 Å². The molecule has 2 atom stereocenters. The van der Waals surface area contributed by atoms with Crippen molar-refractivity contribution in [3.8, 4) is 0 Å². The van der Waals surface area contributed by atoms with Gasteiger partial charge in [-0.2, -0.15) is 0 Å². The summed E-state index contributed by atoms with van der Waals surface area (Å²) in [6.45, 7) is 6.46. The van der Waals surface area contributed by atoms with Gasteiger partial charge in [0.25, 0.3) is 0 Å². The Bertz CT molecular complexity index is 191. The van der Waals surface area contributed by atoms with Crippen molar-refractivity contribution in [3.63, 3.8) is 0 Å². The minimum Gasteiger partial charge on any atom is -0.481 e. The SMILES string of the molecule is CC(C)(C)[C@@H]1CCCC[C@@H]1C(=O)O. The molecule has 1 saturated carbocycles. The normalized spacial score (nSPS) is 30.1. The van der Waals surface area contributed by atoms with Gasteiger partial charge in [-0.3, -0.25) is 4.79 Å². The van der Waals surface area contributed by atoms with Gasteiger partial charge in [0.1, 0.15) is 0 Å². The van der Waals surface area contributed by atoms with Crippen LogP contribution in [0.25, 0.3) is 0 Å². The Hall–Kier alpha value is -0.530. The summed E-state index contributed by atoms with van der Waals surface area (Å²) >= 11 is 0. The van der Waals surface area contributed by atoms with Crippen molar-refractivity contribution >= 4 is 5.97 Å². The molecule has 2 heteroatoms. The van der Waals surface area contributed by atoms with Crippen LogP contribution >= 0.6 is 0 Å². The molecule has 13 heavy (non-hydrogen) atoms. The fourth-order valence-electron chi connectivity index (χ4n) is 2.46. The van der Waals surface area contributed by atoms with Gasteiger partial charge in [-0.1, -0.05) is 33.6 Å². The summed E-state index contributed by atoms with van der Waals surface area (Å²) in [4.78, 5) is 11.0. The van der Waals surface area contributed by atoms with Gasteiger partial charge in [-0.25, -0.2) is 0 Å². The quantitative estimate of drug-likeness (QED) is 0.680. The van der Waals surface area contributed by atoms with E-state index in [9.17, 15) is 4.79 Å². The second-order valence-corrected chi connectivity index (χ2v) is 5.20. The molecule has 0 bridgehead atoms. The fraction of sp³-hybridized carbons (Fsp3) is 0.909. The first-order chi connectivity index (χ1) is 5.93. The van der Waals surface area contributed by atoms with Crippen molar-refractivity contribution in [2.24, 2.45) is 17.3 Å². The third-order valence-corrected chi connectivity index (χ3v) is 3.20. The van der Waals surface area contributed by atoms with Crippen LogP contribution in [0.15, 0.2) is 0 Å². The van der Waals surface area contributed by atoms with Gasteiger partial charge in [0.15, 0.2) is 0 Å². The molecule has 1 rings (SSSR count). The molecule has 1 aliphatic carbocycles. The van der Waals surface area contributed by atoms with E-state index in [4.69, 9.17) is 5.11 Å². The van der Waals surface area contributed by atoms with E-state index in [-0.39, 0.29) is 11.3 Å². The maximum absolute atomic E-state index is 11.0. The van der Waals surface area contributed by atoms with E-state index in [2.05, 4.69) is 20.8 Å². The Kier molecular flexibility index (Phi) is 2.99. The molecule has 0 saturated heterocycles. The molecule has 1 aliphatic rings. The average Bonchev–Trinajstić information content (AvgIpc) is 2.03.